The molecule has 1 N–H and O–H groups in total. The zero-order chi connectivity index (χ0) is 19.7. The van der Waals surface area contributed by atoms with Gasteiger partial charge in [0.05, 0.1) is 11.1 Å². The summed E-state index contributed by atoms with van der Waals surface area (Å²) in [7, 11) is 0. The van der Waals surface area contributed by atoms with Gasteiger partial charge in [0.2, 0.25) is 5.91 Å². The van der Waals surface area contributed by atoms with Gasteiger partial charge < -0.3 is 5.32 Å². The van der Waals surface area contributed by atoms with Gasteiger partial charge in [0.1, 0.15) is 4.83 Å². The molecule has 4 rings (SSSR count). The lowest BCUT2D eigenvalue weighted by Gasteiger charge is -2.17. The summed E-state index contributed by atoms with van der Waals surface area (Å²) in [5.74, 6) is 0.966. The fourth-order valence-electron chi connectivity index (χ4n) is 4.27. The summed E-state index contributed by atoms with van der Waals surface area (Å²) in [6.45, 7) is 6.47. The first-order valence-corrected chi connectivity index (χ1v) is 11.9. The second-order valence-electron chi connectivity index (χ2n) is 7.97. The number of hydrogen-bond acceptors (Lipinski definition) is 5. The smallest absolute Gasteiger partial charge is 0.263 e. The standard InChI is InChI=1S/C21H27N3O2S2/c1-3-10-24-20(26)18-15-9-8-13(2)11-16(15)28-19(18)23-21(24)27-12-17(25)22-14-6-4-5-7-14/h3,13-14H,1,4-12H2,2H3,(H,22,25)/t13-/m1/s1. The first kappa shape index (κ1) is 19.7. The maximum absolute atomic E-state index is 13.2. The molecule has 2 aromatic heterocycles. The largest absolute Gasteiger partial charge is 0.353 e. The van der Waals surface area contributed by atoms with E-state index < -0.39 is 0 Å². The number of carbonyl (C=O) groups excluding carboxylic acids is 1. The maximum atomic E-state index is 13.2. The Balaban J connectivity index is 1.61. The van der Waals surface area contributed by atoms with Crippen molar-refractivity contribution in [2.45, 2.75) is 69.6 Å². The molecule has 2 heterocycles. The molecule has 1 atom stereocenters. The fraction of sp³-hybridized carbons (Fsp3) is 0.571. The van der Waals surface area contributed by atoms with E-state index in [0.717, 1.165) is 42.3 Å². The monoisotopic (exact) mass is 417 g/mol. The van der Waals surface area contributed by atoms with Gasteiger partial charge in [-0.15, -0.1) is 17.9 Å². The number of amides is 1. The van der Waals surface area contributed by atoms with E-state index in [-0.39, 0.29) is 17.2 Å². The predicted octanol–water partition coefficient (Wildman–Crippen LogP) is 3.92. The number of allylic oxidation sites excluding steroid dienone is 1. The molecule has 0 radical (unpaired) electrons. The Labute approximate surface area is 173 Å². The van der Waals surface area contributed by atoms with E-state index in [4.69, 9.17) is 4.98 Å². The molecule has 150 valence electrons. The van der Waals surface area contributed by atoms with Crippen molar-refractivity contribution in [3.63, 3.8) is 0 Å². The second-order valence-corrected chi connectivity index (χ2v) is 9.99. The normalized spacial score (nSPS) is 19.7. The number of thioether (sulfide) groups is 1. The minimum absolute atomic E-state index is 0.00986. The quantitative estimate of drug-likeness (QED) is 0.440. The number of hydrogen-bond donors (Lipinski definition) is 1. The van der Waals surface area contributed by atoms with Crippen molar-refractivity contribution in [2.75, 3.05) is 5.75 Å². The third-order valence-electron chi connectivity index (χ3n) is 5.74. The molecule has 2 aliphatic carbocycles. The average molecular weight is 418 g/mol. The van der Waals surface area contributed by atoms with Gasteiger partial charge in [-0.3, -0.25) is 14.2 Å². The van der Waals surface area contributed by atoms with Gasteiger partial charge >= 0.3 is 0 Å². The molecular formula is C21H27N3O2S2. The van der Waals surface area contributed by atoms with E-state index in [1.807, 2.05) is 0 Å². The van der Waals surface area contributed by atoms with E-state index in [2.05, 4.69) is 18.8 Å². The van der Waals surface area contributed by atoms with Crippen LogP contribution in [0, 0.1) is 5.92 Å². The SMILES string of the molecule is C=CCn1c(SCC(=O)NC2CCCC2)nc2sc3c(c2c1=O)CC[C@@H](C)C3. The maximum Gasteiger partial charge on any atom is 0.263 e. The van der Waals surface area contributed by atoms with Crippen molar-refractivity contribution in [1.29, 1.82) is 0 Å². The number of fused-ring (bicyclic) bond motifs is 3. The van der Waals surface area contributed by atoms with E-state index in [1.54, 1.807) is 22.0 Å². The highest BCUT2D eigenvalue weighted by molar-refractivity contribution is 7.99. The molecule has 0 unspecified atom stereocenters. The fourth-order valence-corrected chi connectivity index (χ4v) is 6.52. The van der Waals surface area contributed by atoms with Crippen LogP contribution >= 0.6 is 23.1 Å². The van der Waals surface area contributed by atoms with Crippen LogP contribution in [0.1, 0.15) is 49.5 Å². The van der Waals surface area contributed by atoms with Crippen molar-refractivity contribution in [1.82, 2.24) is 14.9 Å². The van der Waals surface area contributed by atoms with Gasteiger partial charge in [0.15, 0.2) is 5.16 Å². The predicted molar refractivity (Wildman–Crippen MR) is 116 cm³/mol. The van der Waals surface area contributed by atoms with Gasteiger partial charge in [0, 0.05) is 17.5 Å². The highest BCUT2D eigenvalue weighted by Crippen LogP contribution is 2.36. The van der Waals surface area contributed by atoms with Crippen LogP contribution in [0.25, 0.3) is 10.2 Å². The van der Waals surface area contributed by atoms with E-state index in [1.165, 1.54) is 35.0 Å². The minimum Gasteiger partial charge on any atom is -0.353 e. The van der Waals surface area contributed by atoms with Gasteiger partial charge in [-0.1, -0.05) is 37.6 Å². The topological polar surface area (TPSA) is 64.0 Å². The summed E-state index contributed by atoms with van der Waals surface area (Å²) in [5.41, 5.74) is 1.21. The van der Waals surface area contributed by atoms with Crippen LogP contribution in [0.3, 0.4) is 0 Å². The number of carbonyl (C=O) groups is 1. The van der Waals surface area contributed by atoms with Crippen LogP contribution in [-0.4, -0.2) is 27.3 Å². The van der Waals surface area contributed by atoms with E-state index >= 15 is 0 Å². The number of nitrogens with zero attached hydrogens (tertiary/aromatic N) is 2. The first-order chi connectivity index (χ1) is 13.6. The highest BCUT2D eigenvalue weighted by atomic mass is 32.2. The molecule has 0 aliphatic heterocycles. The molecule has 0 spiro atoms. The Morgan fingerprint density at radius 3 is 2.93 bits per heavy atom. The van der Waals surface area contributed by atoms with Crippen molar-refractivity contribution in [2.24, 2.45) is 5.92 Å². The summed E-state index contributed by atoms with van der Waals surface area (Å²) in [5, 5.41) is 4.51. The number of rotatable bonds is 6. The first-order valence-electron chi connectivity index (χ1n) is 10.1. The number of thiophene rings is 1. The Morgan fingerprint density at radius 1 is 1.39 bits per heavy atom. The van der Waals surface area contributed by atoms with Crippen molar-refractivity contribution >= 4 is 39.2 Å². The van der Waals surface area contributed by atoms with Crippen molar-refractivity contribution < 1.29 is 4.79 Å². The Morgan fingerprint density at radius 2 is 2.18 bits per heavy atom. The molecule has 1 amide bonds. The lowest BCUT2D eigenvalue weighted by molar-refractivity contribution is -0.119. The molecular weight excluding hydrogens is 390 g/mol. The zero-order valence-corrected chi connectivity index (χ0v) is 18.0. The summed E-state index contributed by atoms with van der Waals surface area (Å²) >= 11 is 3.01. The third kappa shape index (κ3) is 3.92. The molecule has 28 heavy (non-hydrogen) atoms. The summed E-state index contributed by atoms with van der Waals surface area (Å²) in [4.78, 5) is 32.5. The van der Waals surface area contributed by atoms with E-state index in [0.29, 0.717) is 23.7 Å². The summed E-state index contributed by atoms with van der Waals surface area (Å²) in [6.07, 6.45) is 9.35. The van der Waals surface area contributed by atoms with Crippen LogP contribution < -0.4 is 10.9 Å². The van der Waals surface area contributed by atoms with Crippen molar-refractivity contribution in [3.8, 4) is 0 Å². The van der Waals surface area contributed by atoms with Gasteiger partial charge in [-0.2, -0.15) is 0 Å². The molecule has 5 nitrogen and oxygen atoms in total. The zero-order valence-electron chi connectivity index (χ0n) is 16.3. The molecule has 1 saturated carbocycles. The van der Waals surface area contributed by atoms with Gasteiger partial charge in [-0.25, -0.2) is 4.98 Å². The molecule has 0 aromatic carbocycles. The van der Waals surface area contributed by atoms with Gasteiger partial charge in [0.25, 0.3) is 5.56 Å². The highest BCUT2D eigenvalue weighted by Gasteiger charge is 2.25. The Kier molecular flexibility index (Phi) is 5.92. The molecule has 1 fully saturated rings. The van der Waals surface area contributed by atoms with E-state index in [9.17, 15) is 9.59 Å². The number of nitrogens with one attached hydrogen (secondary N) is 1. The lowest BCUT2D eigenvalue weighted by atomic mass is 9.89. The average Bonchev–Trinajstić information content (AvgIpc) is 3.29. The summed E-state index contributed by atoms with van der Waals surface area (Å²) < 4.78 is 1.67. The van der Waals surface area contributed by atoms with Crippen LogP contribution in [0.4, 0.5) is 0 Å². The number of aromatic nitrogens is 2. The van der Waals surface area contributed by atoms with Crippen molar-refractivity contribution in [3.05, 3.63) is 33.4 Å². The molecule has 0 bridgehead atoms. The van der Waals surface area contributed by atoms with Crippen LogP contribution in [0.2, 0.25) is 0 Å². The number of aryl methyl sites for hydroxylation is 1. The van der Waals surface area contributed by atoms with Crippen LogP contribution in [-0.2, 0) is 24.2 Å². The Hall–Kier alpha value is -1.60. The lowest BCUT2D eigenvalue weighted by Crippen LogP contribution is -2.34. The molecule has 0 saturated heterocycles. The summed E-state index contributed by atoms with van der Waals surface area (Å²) in [6, 6.07) is 0.310. The second kappa shape index (κ2) is 8.41. The molecule has 2 aromatic rings. The van der Waals surface area contributed by atoms with Gasteiger partial charge in [-0.05, 0) is 43.6 Å². The molecule has 2 aliphatic rings. The van der Waals surface area contributed by atoms with Crippen LogP contribution in [0.15, 0.2) is 22.6 Å². The third-order valence-corrected chi connectivity index (χ3v) is 7.87. The molecule has 7 heteroatoms. The minimum atomic E-state index is 0.00986. The Bertz CT molecular complexity index is 957. The van der Waals surface area contributed by atoms with Crippen LogP contribution in [0.5, 0.6) is 0 Å².